The van der Waals surface area contributed by atoms with E-state index >= 15 is 0 Å². The Labute approximate surface area is 96.8 Å². The zero-order valence-electron chi connectivity index (χ0n) is 8.30. The molecule has 0 aliphatic rings. The standard InChI is InChI=1S/C10H9ClN4O/c11-6-8-13-10(9(12)16)14-15(8)7-4-2-1-3-5-7/h1-5H,6H2,(H2,12,16). The minimum absolute atomic E-state index is 0.0282. The number of alkyl halides is 1. The quantitative estimate of drug-likeness (QED) is 0.812. The molecule has 16 heavy (non-hydrogen) atoms. The molecule has 2 aromatic rings. The average molecular weight is 237 g/mol. The lowest BCUT2D eigenvalue weighted by Gasteiger charge is -2.01. The maximum atomic E-state index is 11.0. The van der Waals surface area contributed by atoms with Crippen molar-refractivity contribution in [3.05, 3.63) is 42.0 Å². The van der Waals surface area contributed by atoms with Gasteiger partial charge in [0.1, 0.15) is 5.82 Å². The van der Waals surface area contributed by atoms with E-state index in [9.17, 15) is 4.79 Å². The number of primary amides is 1. The number of halogens is 1. The normalized spacial score (nSPS) is 10.3. The van der Waals surface area contributed by atoms with Crippen molar-refractivity contribution < 1.29 is 4.79 Å². The molecule has 1 aromatic carbocycles. The molecule has 0 saturated heterocycles. The van der Waals surface area contributed by atoms with E-state index in [0.29, 0.717) is 5.82 Å². The summed E-state index contributed by atoms with van der Waals surface area (Å²) in [5.74, 6) is -0.0444. The summed E-state index contributed by atoms with van der Waals surface area (Å²) in [7, 11) is 0. The van der Waals surface area contributed by atoms with Crippen LogP contribution in [0.1, 0.15) is 16.4 Å². The Bertz CT molecular complexity index is 509. The van der Waals surface area contributed by atoms with Crippen LogP contribution in [0.4, 0.5) is 0 Å². The lowest BCUT2D eigenvalue weighted by Crippen LogP contribution is -2.13. The molecular weight excluding hydrogens is 228 g/mol. The minimum Gasteiger partial charge on any atom is -0.363 e. The number of nitrogens with zero attached hydrogens (tertiary/aromatic N) is 3. The predicted molar refractivity (Wildman–Crippen MR) is 59.4 cm³/mol. The van der Waals surface area contributed by atoms with E-state index in [1.807, 2.05) is 30.3 Å². The highest BCUT2D eigenvalue weighted by Gasteiger charge is 2.13. The third kappa shape index (κ3) is 1.90. The van der Waals surface area contributed by atoms with Gasteiger partial charge in [-0.25, -0.2) is 9.67 Å². The highest BCUT2D eigenvalue weighted by molar-refractivity contribution is 6.16. The molecule has 5 nitrogen and oxygen atoms in total. The number of nitrogens with two attached hydrogens (primary N) is 1. The van der Waals surface area contributed by atoms with Crippen molar-refractivity contribution in [3.8, 4) is 5.69 Å². The van der Waals surface area contributed by atoms with Crippen molar-refractivity contribution in [1.82, 2.24) is 14.8 Å². The highest BCUT2D eigenvalue weighted by atomic mass is 35.5. The zero-order chi connectivity index (χ0) is 11.5. The molecule has 2 N–H and O–H groups in total. The first-order chi connectivity index (χ1) is 7.72. The van der Waals surface area contributed by atoms with Crippen LogP contribution < -0.4 is 5.73 Å². The fourth-order valence-electron chi connectivity index (χ4n) is 1.31. The summed E-state index contributed by atoms with van der Waals surface area (Å²) < 4.78 is 1.51. The summed E-state index contributed by atoms with van der Waals surface area (Å²) in [6, 6.07) is 9.29. The van der Waals surface area contributed by atoms with Gasteiger partial charge in [-0.05, 0) is 12.1 Å². The third-order valence-electron chi connectivity index (χ3n) is 2.01. The molecular formula is C10H9ClN4O. The monoisotopic (exact) mass is 236 g/mol. The van der Waals surface area contributed by atoms with E-state index < -0.39 is 5.91 Å². The molecule has 0 spiro atoms. The van der Waals surface area contributed by atoms with E-state index in [-0.39, 0.29) is 11.7 Å². The Hall–Kier alpha value is -1.88. The van der Waals surface area contributed by atoms with Crippen LogP contribution in [0.3, 0.4) is 0 Å². The van der Waals surface area contributed by atoms with Crippen LogP contribution in [0.25, 0.3) is 5.69 Å². The van der Waals surface area contributed by atoms with Gasteiger partial charge in [0.25, 0.3) is 5.91 Å². The second-order valence-corrected chi connectivity index (χ2v) is 3.36. The van der Waals surface area contributed by atoms with E-state index in [0.717, 1.165) is 5.69 Å². The second kappa shape index (κ2) is 4.32. The van der Waals surface area contributed by atoms with Gasteiger partial charge in [-0.3, -0.25) is 4.79 Å². The molecule has 0 radical (unpaired) electrons. The SMILES string of the molecule is NC(=O)c1nc(CCl)n(-c2ccccc2)n1. The van der Waals surface area contributed by atoms with Crippen LogP contribution >= 0.6 is 11.6 Å². The highest BCUT2D eigenvalue weighted by Crippen LogP contribution is 2.11. The molecule has 1 aromatic heterocycles. The van der Waals surface area contributed by atoms with Crippen molar-refractivity contribution in [2.45, 2.75) is 5.88 Å². The largest absolute Gasteiger partial charge is 0.363 e. The maximum Gasteiger partial charge on any atom is 0.288 e. The van der Waals surface area contributed by atoms with Gasteiger partial charge in [0.15, 0.2) is 0 Å². The summed E-state index contributed by atoms with van der Waals surface area (Å²) in [5, 5.41) is 4.00. The van der Waals surface area contributed by atoms with E-state index in [4.69, 9.17) is 17.3 Å². The third-order valence-corrected chi connectivity index (χ3v) is 2.25. The zero-order valence-corrected chi connectivity index (χ0v) is 9.05. The van der Waals surface area contributed by atoms with E-state index in [2.05, 4.69) is 10.1 Å². The molecule has 1 amide bonds. The average Bonchev–Trinajstić information content (AvgIpc) is 2.74. The van der Waals surface area contributed by atoms with Gasteiger partial charge in [-0.2, -0.15) is 0 Å². The van der Waals surface area contributed by atoms with Gasteiger partial charge >= 0.3 is 0 Å². The summed E-state index contributed by atoms with van der Waals surface area (Å²) in [5.41, 5.74) is 5.90. The van der Waals surface area contributed by atoms with E-state index in [1.54, 1.807) is 0 Å². The van der Waals surface area contributed by atoms with Crippen LogP contribution in [0.15, 0.2) is 30.3 Å². The number of benzene rings is 1. The van der Waals surface area contributed by atoms with Gasteiger partial charge in [0, 0.05) is 0 Å². The topological polar surface area (TPSA) is 73.8 Å². The van der Waals surface area contributed by atoms with Gasteiger partial charge in [0.2, 0.25) is 5.82 Å². The Kier molecular flexibility index (Phi) is 2.87. The molecule has 0 fully saturated rings. The molecule has 0 saturated carbocycles. The maximum absolute atomic E-state index is 11.0. The van der Waals surface area contributed by atoms with Crippen molar-refractivity contribution >= 4 is 17.5 Å². The summed E-state index contributed by atoms with van der Waals surface area (Å²) in [4.78, 5) is 14.9. The van der Waals surface area contributed by atoms with E-state index in [1.165, 1.54) is 4.68 Å². The van der Waals surface area contributed by atoms with Crippen LogP contribution in [-0.2, 0) is 5.88 Å². The number of hydrogen-bond acceptors (Lipinski definition) is 3. The molecule has 0 aliphatic carbocycles. The molecule has 0 atom stereocenters. The van der Waals surface area contributed by atoms with Gasteiger partial charge in [0.05, 0.1) is 11.6 Å². The Balaban J connectivity index is 2.52. The number of amides is 1. The fourth-order valence-corrected chi connectivity index (χ4v) is 1.48. The first-order valence-electron chi connectivity index (χ1n) is 4.59. The minimum atomic E-state index is -0.666. The van der Waals surface area contributed by atoms with Crippen LogP contribution in [0.2, 0.25) is 0 Å². The Morgan fingerprint density at radius 3 is 2.62 bits per heavy atom. The molecule has 0 unspecified atom stereocenters. The molecule has 6 heteroatoms. The van der Waals surface area contributed by atoms with Crippen LogP contribution in [0.5, 0.6) is 0 Å². The van der Waals surface area contributed by atoms with Gasteiger partial charge in [-0.15, -0.1) is 16.7 Å². The number of carbonyl (C=O) groups is 1. The first-order valence-corrected chi connectivity index (χ1v) is 5.13. The number of para-hydroxylation sites is 1. The van der Waals surface area contributed by atoms with Crippen molar-refractivity contribution in [3.63, 3.8) is 0 Å². The van der Waals surface area contributed by atoms with Gasteiger partial charge < -0.3 is 5.73 Å². The first kappa shape index (κ1) is 10.6. The number of hydrogen-bond donors (Lipinski definition) is 1. The number of rotatable bonds is 3. The summed E-state index contributed by atoms with van der Waals surface area (Å²) >= 11 is 5.72. The fraction of sp³-hybridized carbons (Fsp3) is 0.100. The number of aromatic nitrogens is 3. The second-order valence-electron chi connectivity index (χ2n) is 3.10. The molecule has 0 aliphatic heterocycles. The van der Waals surface area contributed by atoms with Crippen LogP contribution in [0, 0.1) is 0 Å². The Morgan fingerprint density at radius 1 is 1.38 bits per heavy atom. The van der Waals surface area contributed by atoms with Crippen molar-refractivity contribution in [2.75, 3.05) is 0 Å². The molecule has 82 valence electrons. The lowest BCUT2D eigenvalue weighted by molar-refractivity contribution is 0.0990. The van der Waals surface area contributed by atoms with Crippen LogP contribution in [-0.4, -0.2) is 20.7 Å². The molecule has 1 heterocycles. The summed E-state index contributed by atoms with van der Waals surface area (Å²) in [6.07, 6.45) is 0. The van der Waals surface area contributed by atoms with Gasteiger partial charge in [-0.1, -0.05) is 18.2 Å². The smallest absolute Gasteiger partial charge is 0.288 e. The number of carbonyl (C=O) groups excluding carboxylic acids is 1. The Morgan fingerprint density at radius 2 is 2.06 bits per heavy atom. The predicted octanol–water partition coefficient (Wildman–Crippen LogP) is 1.10. The van der Waals surface area contributed by atoms with Crippen molar-refractivity contribution in [2.24, 2.45) is 5.73 Å². The van der Waals surface area contributed by atoms with Crippen molar-refractivity contribution in [1.29, 1.82) is 0 Å². The molecule has 0 bridgehead atoms. The molecule has 2 rings (SSSR count). The lowest BCUT2D eigenvalue weighted by atomic mass is 10.3. The summed E-state index contributed by atoms with van der Waals surface area (Å²) in [6.45, 7) is 0.